The molecule has 1 aliphatic heterocycles. The first-order chi connectivity index (χ1) is 12.2. The zero-order valence-corrected chi connectivity index (χ0v) is 14.6. The van der Waals surface area contributed by atoms with Crippen LogP contribution in [0.4, 0.5) is 0 Å². The van der Waals surface area contributed by atoms with Crippen LogP contribution in [0.25, 0.3) is 11.0 Å². The summed E-state index contributed by atoms with van der Waals surface area (Å²) in [6, 6.07) is 3.68. The van der Waals surface area contributed by atoms with Crippen molar-refractivity contribution < 1.29 is 9.53 Å². The van der Waals surface area contributed by atoms with Crippen molar-refractivity contribution in [3.63, 3.8) is 0 Å². The van der Waals surface area contributed by atoms with Crippen molar-refractivity contribution in [1.29, 1.82) is 0 Å². The third-order valence-electron chi connectivity index (χ3n) is 5.19. The van der Waals surface area contributed by atoms with Gasteiger partial charge >= 0.3 is 0 Å². The number of ether oxygens (including phenoxy) is 1. The number of methoxy groups -OCH3 is 1. The summed E-state index contributed by atoms with van der Waals surface area (Å²) in [6.07, 6.45) is 6.13. The molecular formula is C18H25N5O2. The summed E-state index contributed by atoms with van der Waals surface area (Å²) in [5, 5.41) is 13.9. The largest absolute Gasteiger partial charge is 0.496 e. The number of rotatable bonds is 5. The lowest BCUT2D eigenvalue weighted by molar-refractivity contribution is 0.0923. The Kier molecular flexibility index (Phi) is 4.57. The Morgan fingerprint density at radius 2 is 2.08 bits per heavy atom. The SMILES string of the molecule is COc1cc2n[nH]nc2cc1C(=O)N[C@@H]1CCCCN(CC2CC2)C1. The van der Waals surface area contributed by atoms with Gasteiger partial charge in [-0.25, -0.2) is 0 Å². The molecule has 1 amide bonds. The van der Waals surface area contributed by atoms with Crippen molar-refractivity contribution in [2.24, 2.45) is 5.92 Å². The first-order valence-electron chi connectivity index (χ1n) is 9.14. The van der Waals surface area contributed by atoms with Crippen LogP contribution in [0, 0.1) is 5.92 Å². The van der Waals surface area contributed by atoms with Crippen molar-refractivity contribution in [1.82, 2.24) is 25.6 Å². The Balaban J connectivity index is 1.48. The van der Waals surface area contributed by atoms with Crippen LogP contribution < -0.4 is 10.1 Å². The lowest BCUT2D eigenvalue weighted by atomic mass is 10.1. The zero-order valence-electron chi connectivity index (χ0n) is 14.6. The van der Waals surface area contributed by atoms with Crippen LogP contribution in [0.15, 0.2) is 12.1 Å². The van der Waals surface area contributed by atoms with Crippen LogP contribution in [-0.4, -0.2) is 59.0 Å². The molecule has 134 valence electrons. The van der Waals surface area contributed by atoms with E-state index in [4.69, 9.17) is 4.74 Å². The van der Waals surface area contributed by atoms with E-state index in [0.29, 0.717) is 22.3 Å². The number of nitrogens with zero attached hydrogens (tertiary/aromatic N) is 3. The summed E-state index contributed by atoms with van der Waals surface area (Å²) in [6.45, 7) is 3.27. The van der Waals surface area contributed by atoms with Crippen molar-refractivity contribution in [3.8, 4) is 5.75 Å². The summed E-state index contributed by atoms with van der Waals surface area (Å²) < 4.78 is 5.39. The van der Waals surface area contributed by atoms with Gasteiger partial charge in [-0.15, -0.1) is 0 Å². The van der Waals surface area contributed by atoms with Gasteiger partial charge in [-0.3, -0.25) is 4.79 Å². The fraction of sp³-hybridized carbons (Fsp3) is 0.611. The number of carbonyl (C=O) groups excluding carboxylic acids is 1. The monoisotopic (exact) mass is 343 g/mol. The Morgan fingerprint density at radius 3 is 2.84 bits per heavy atom. The molecule has 0 spiro atoms. The normalized spacial score (nSPS) is 21.9. The van der Waals surface area contributed by atoms with Crippen LogP contribution in [-0.2, 0) is 0 Å². The Hall–Kier alpha value is -2.15. The minimum absolute atomic E-state index is 0.0972. The van der Waals surface area contributed by atoms with Crippen LogP contribution in [0.5, 0.6) is 5.75 Å². The second kappa shape index (κ2) is 7.00. The highest BCUT2D eigenvalue weighted by atomic mass is 16.5. The molecule has 2 N–H and O–H groups in total. The maximum absolute atomic E-state index is 12.8. The Morgan fingerprint density at radius 1 is 1.28 bits per heavy atom. The predicted molar refractivity (Wildman–Crippen MR) is 94.7 cm³/mol. The molecule has 2 aliphatic rings. The molecule has 0 unspecified atom stereocenters. The summed E-state index contributed by atoms with van der Waals surface area (Å²) in [7, 11) is 1.57. The molecule has 2 fully saturated rings. The van der Waals surface area contributed by atoms with Gasteiger partial charge in [0.1, 0.15) is 16.8 Å². The number of fused-ring (bicyclic) bond motifs is 1. The summed E-state index contributed by atoms with van der Waals surface area (Å²) in [5.74, 6) is 1.31. The van der Waals surface area contributed by atoms with Gasteiger partial charge in [0.15, 0.2) is 0 Å². The molecule has 1 saturated heterocycles. The maximum atomic E-state index is 12.8. The van der Waals surface area contributed by atoms with Crippen molar-refractivity contribution in [2.45, 2.75) is 38.1 Å². The number of H-pyrrole nitrogens is 1. The number of amides is 1. The molecule has 7 nitrogen and oxygen atoms in total. The fourth-order valence-corrected chi connectivity index (χ4v) is 3.65. The molecular weight excluding hydrogens is 318 g/mol. The molecule has 1 aromatic carbocycles. The highest BCUT2D eigenvalue weighted by Gasteiger charge is 2.27. The number of likely N-dealkylation sites (tertiary alicyclic amines) is 1. The van der Waals surface area contributed by atoms with E-state index in [1.54, 1.807) is 19.2 Å². The molecule has 2 aromatic rings. The van der Waals surface area contributed by atoms with Gasteiger partial charge < -0.3 is 15.0 Å². The number of carbonyl (C=O) groups is 1. The second-order valence-electron chi connectivity index (χ2n) is 7.23. The van der Waals surface area contributed by atoms with E-state index in [1.807, 2.05) is 0 Å². The Bertz CT molecular complexity index is 755. The van der Waals surface area contributed by atoms with Crippen LogP contribution >= 0.6 is 0 Å². The minimum Gasteiger partial charge on any atom is -0.496 e. The van der Waals surface area contributed by atoms with E-state index < -0.39 is 0 Å². The van der Waals surface area contributed by atoms with Gasteiger partial charge in [-0.1, -0.05) is 6.42 Å². The quantitative estimate of drug-likeness (QED) is 0.867. The number of aromatic amines is 1. The molecule has 1 atom stereocenters. The number of benzene rings is 1. The molecule has 2 heterocycles. The van der Waals surface area contributed by atoms with Crippen LogP contribution in [0.2, 0.25) is 0 Å². The van der Waals surface area contributed by atoms with Gasteiger partial charge in [0.2, 0.25) is 0 Å². The summed E-state index contributed by atoms with van der Waals surface area (Å²) >= 11 is 0. The predicted octanol–water partition coefficient (Wildman–Crippen LogP) is 1.96. The third-order valence-corrected chi connectivity index (χ3v) is 5.19. The van der Waals surface area contributed by atoms with Gasteiger partial charge in [0.25, 0.3) is 5.91 Å². The summed E-state index contributed by atoms with van der Waals surface area (Å²) in [5.41, 5.74) is 1.88. The average Bonchev–Trinajstić information content (AvgIpc) is 3.35. The maximum Gasteiger partial charge on any atom is 0.255 e. The van der Waals surface area contributed by atoms with E-state index in [-0.39, 0.29) is 11.9 Å². The topological polar surface area (TPSA) is 83.1 Å². The van der Waals surface area contributed by atoms with Gasteiger partial charge in [0.05, 0.1) is 12.7 Å². The van der Waals surface area contributed by atoms with Crippen molar-refractivity contribution in [3.05, 3.63) is 17.7 Å². The first-order valence-corrected chi connectivity index (χ1v) is 9.14. The minimum atomic E-state index is -0.0972. The van der Waals surface area contributed by atoms with Crippen LogP contribution in [0.1, 0.15) is 42.5 Å². The number of hydrogen-bond donors (Lipinski definition) is 2. The Labute approximate surface area is 147 Å². The summed E-state index contributed by atoms with van der Waals surface area (Å²) in [4.78, 5) is 15.4. The van der Waals surface area contributed by atoms with E-state index in [2.05, 4.69) is 25.6 Å². The van der Waals surface area contributed by atoms with Gasteiger partial charge in [0, 0.05) is 25.2 Å². The molecule has 1 aromatic heterocycles. The molecule has 4 rings (SSSR count). The zero-order chi connectivity index (χ0) is 17.2. The molecule has 7 heteroatoms. The molecule has 1 saturated carbocycles. The molecule has 25 heavy (non-hydrogen) atoms. The highest BCUT2D eigenvalue weighted by Crippen LogP contribution is 2.30. The fourth-order valence-electron chi connectivity index (χ4n) is 3.65. The van der Waals surface area contributed by atoms with Crippen LogP contribution in [0.3, 0.4) is 0 Å². The first kappa shape index (κ1) is 16.3. The van der Waals surface area contributed by atoms with E-state index >= 15 is 0 Å². The molecule has 0 bridgehead atoms. The standard InChI is InChI=1S/C18H25N5O2/c1-25-17-9-16-15(20-22-21-16)8-14(17)18(24)19-13-4-2-3-7-23(11-13)10-12-5-6-12/h8-9,12-13H,2-7,10-11H2,1H3,(H,19,24)(H,20,21,22)/t13-/m1/s1. The molecule has 0 radical (unpaired) electrons. The number of aromatic nitrogens is 3. The van der Waals surface area contributed by atoms with Crippen molar-refractivity contribution >= 4 is 16.9 Å². The lowest BCUT2D eigenvalue weighted by Crippen LogP contribution is -2.43. The number of hydrogen-bond acceptors (Lipinski definition) is 5. The average molecular weight is 343 g/mol. The highest BCUT2D eigenvalue weighted by molar-refractivity contribution is 6.00. The van der Waals surface area contributed by atoms with E-state index in [9.17, 15) is 4.79 Å². The van der Waals surface area contributed by atoms with Crippen molar-refractivity contribution in [2.75, 3.05) is 26.7 Å². The third kappa shape index (κ3) is 3.76. The smallest absolute Gasteiger partial charge is 0.255 e. The molecule has 1 aliphatic carbocycles. The van der Waals surface area contributed by atoms with E-state index in [0.717, 1.165) is 31.8 Å². The van der Waals surface area contributed by atoms with E-state index in [1.165, 1.54) is 25.8 Å². The second-order valence-corrected chi connectivity index (χ2v) is 7.23. The van der Waals surface area contributed by atoms with Gasteiger partial charge in [-0.2, -0.15) is 15.4 Å². The lowest BCUT2D eigenvalue weighted by Gasteiger charge is -2.25. The number of nitrogens with one attached hydrogen (secondary N) is 2. The van der Waals surface area contributed by atoms with Gasteiger partial charge in [-0.05, 0) is 44.2 Å².